The molecular weight excluding hydrogens is 335 g/mol. The number of carbonyl (C=O) groups is 2. The van der Waals surface area contributed by atoms with Crippen molar-refractivity contribution in [3.05, 3.63) is 71.9 Å². The summed E-state index contributed by atoms with van der Waals surface area (Å²) in [7, 11) is 0. The summed E-state index contributed by atoms with van der Waals surface area (Å²) in [6.45, 7) is 0. The molecule has 0 unspecified atom stereocenters. The number of halogens is 1. The Labute approximate surface area is 146 Å². The third-order valence-electron chi connectivity index (χ3n) is 4.59. The maximum absolute atomic E-state index is 13.7. The second-order valence-corrected chi connectivity index (χ2v) is 6.07. The summed E-state index contributed by atoms with van der Waals surface area (Å²) in [4.78, 5) is 28.1. The first-order valence-electron chi connectivity index (χ1n) is 7.97. The minimum absolute atomic E-state index is 0.184. The SMILES string of the molecule is O=C1NC(=O)C(c2coc3ccc(F)cc23)=C1c1c[nH]c2ccccc12. The molecule has 126 valence electrons. The molecule has 5 nitrogen and oxygen atoms in total. The Balaban J connectivity index is 1.85. The molecule has 2 N–H and O–H groups in total. The zero-order valence-corrected chi connectivity index (χ0v) is 13.3. The molecule has 0 saturated heterocycles. The van der Waals surface area contributed by atoms with E-state index in [1.54, 1.807) is 6.20 Å². The number of H-pyrrole nitrogens is 1. The number of aromatic nitrogens is 1. The minimum Gasteiger partial charge on any atom is -0.464 e. The average Bonchev–Trinajstić information content (AvgIpc) is 3.29. The van der Waals surface area contributed by atoms with Crippen molar-refractivity contribution < 1.29 is 18.4 Å². The standard InChI is InChI=1S/C20H11FN2O3/c21-10-5-6-16-12(7-10)14(9-26-16)18-17(19(24)23-20(18)25)13-8-22-15-4-2-1-3-11(13)15/h1-9,22H,(H,23,24,25). The van der Waals surface area contributed by atoms with Gasteiger partial charge in [-0.15, -0.1) is 0 Å². The van der Waals surface area contributed by atoms with Crippen LogP contribution in [0.15, 0.2) is 59.3 Å². The highest BCUT2D eigenvalue weighted by Gasteiger charge is 2.35. The lowest BCUT2D eigenvalue weighted by Gasteiger charge is -2.02. The fourth-order valence-corrected chi connectivity index (χ4v) is 3.44. The molecular formula is C20H11FN2O3. The lowest BCUT2D eigenvalue weighted by Crippen LogP contribution is -2.22. The first kappa shape index (κ1) is 14.7. The molecule has 0 radical (unpaired) electrons. The number of hydrogen-bond acceptors (Lipinski definition) is 3. The highest BCUT2D eigenvalue weighted by atomic mass is 19.1. The van der Waals surface area contributed by atoms with Crippen molar-refractivity contribution in [2.45, 2.75) is 0 Å². The van der Waals surface area contributed by atoms with Crippen LogP contribution in [0.2, 0.25) is 0 Å². The van der Waals surface area contributed by atoms with E-state index in [4.69, 9.17) is 4.42 Å². The molecule has 4 aromatic rings. The van der Waals surface area contributed by atoms with Crippen molar-refractivity contribution in [1.29, 1.82) is 0 Å². The number of imide groups is 1. The van der Waals surface area contributed by atoms with E-state index >= 15 is 0 Å². The van der Waals surface area contributed by atoms with Gasteiger partial charge in [0.2, 0.25) is 0 Å². The summed E-state index contributed by atoms with van der Waals surface area (Å²) >= 11 is 0. The molecule has 0 bridgehead atoms. The van der Waals surface area contributed by atoms with Crippen molar-refractivity contribution in [2.75, 3.05) is 0 Å². The quantitative estimate of drug-likeness (QED) is 0.544. The number of para-hydroxylation sites is 1. The largest absolute Gasteiger partial charge is 0.464 e. The molecule has 6 heteroatoms. The molecule has 0 aliphatic carbocycles. The molecule has 2 amide bonds. The lowest BCUT2D eigenvalue weighted by atomic mass is 9.95. The van der Waals surface area contributed by atoms with E-state index in [0.717, 1.165) is 10.9 Å². The summed E-state index contributed by atoms with van der Waals surface area (Å²) < 4.78 is 19.2. The summed E-state index contributed by atoms with van der Waals surface area (Å²) in [5, 5.41) is 3.61. The number of carbonyl (C=O) groups excluding carboxylic acids is 2. The van der Waals surface area contributed by atoms with Gasteiger partial charge < -0.3 is 9.40 Å². The molecule has 5 rings (SSSR count). The number of nitrogens with one attached hydrogen (secondary N) is 2. The van der Waals surface area contributed by atoms with E-state index in [9.17, 15) is 14.0 Å². The van der Waals surface area contributed by atoms with Crippen LogP contribution in [0.1, 0.15) is 11.1 Å². The number of amides is 2. The Hall–Kier alpha value is -3.67. The fourth-order valence-electron chi connectivity index (χ4n) is 3.44. The molecule has 26 heavy (non-hydrogen) atoms. The van der Waals surface area contributed by atoms with Gasteiger partial charge in [0.25, 0.3) is 11.8 Å². The van der Waals surface area contributed by atoms with Gasteiger partial charge >= 0.3 is 0 Å². The van der Waals surface area contributed by atoms with Gasteiger partial charge in [0.05, 0.1) is 17.4 Å². The van der Waals surface area contributed by atoms with Crippen molar-refractivity contribution >= 4 is 44.8 Å². The van der Waals surface area contributed by atoms with Gasteiger partial charge in [-0.25, -0.2) is 4.39 Å². The van der Waals surface area contributed by atoms with Crippen molar-refractivity contribution in [3.8, 4) is 0 Å². The number of fused-ring (bicyclic) bond motifs is 2. The highest BCUT2D eigenvalue weighted by Crippen LogP contribution is 2.38. The van der Waals surface area contributed by atoms with Crippen LogP contribution in [0.25, 0.3) is 33.0 Å². The van der Waals surface area contributed by atoms with Gasteiger partial charge in [-0.1, -0.05) is 18.2 Å². The number of aromatic amines is 1. The topological polar surface area (TPSA) is 75.1 Å². The van der Waals surface area contributed by atoms with Crippen LogP contribution >= 0.6 is 0 Å². The van der Waals surface area contributed by atoms with Gasteiger partial charge in [0.15, 0.2) is 0 Å². The van der Waals surface area contributed by atoms with Crippen LogP contribution in [-0.2, 0) is 9.59 Å². The van der Waals surface area contributed by atoms with E-state index in [-0.39, 0.29) is 11.1 Å². The zero-order chi connectivity index (χ0) is 17.8. The predicted octanol–water partition coefficient (Wildman–Crippen LogP) is 3.62. The highest BCUT2D eigenvalue weighted by molar-refractivity contribution is 6.50. The summed E-state index contributed by atoms with van der Waals surface area (Å²) in [5.74, 6) is -1.46. The van der Waals surface area contributed by atoms with E-state index in [2.05, 4.69) is 10.3 Å². The first-order chi connectivity index (χ1) is 12.6. The molecule has 1 aliphatic rings. The molecule has 0 atom stereocenters. The lowest BCUT2D eigenvalue weighted by molar-refractivity contribution is -0.122. The van der Waals surface area contributed by atoms with Gasteiger partial charge in [-0.05, 0) is 24.3 Å². The predicted molar refractivity (Wildman–Crippen MR) is 94.4 cm³/mol. The van der Waals surface area contributed by atoms with Gasteiger partial charge in [0.1, 0.15) is 11.4 Å². The Bertz CT molecular complexity index is 1260. The Kier molecular flexibility index (Phi) is 2.91. The zero-order valence-electron chi connectivity index (χ0n) is 13.3. The van der Waals surface area contributed by atoms with E-state index in [0.29, 0.717) is 22.1 Å². The monoisotopic (exact) mass is 346 g/mol. The molecule has 2 aromatic carbocycles. The second kappa shape index (κ2) is 5.16. The average molecular weight is 346 g/mol. The van der Waals surface area contributed by atoms with Crippen molar-refractivity contribution in [3.63, 3.8) is 0 Å². The minimum atomic E-state index is -0.526. The molecule has 0 fully saturated rings. The van der Waals surface area contributed by atoms with Gasteiger partial charge in [-0.2, -0.15) is 0 Å². The maximum atomic E-state index is 13.7. The Morgan fingerprint density at radius 3 is 2.50 bits per heavy atom. The van der Waals surface area contributed by atoms with Crippen LogP contribution in [0.4, 0.5) is 4.39 Å². The van der Waals surface area contributed by atoms with E-state index < -0.39 is 17.6 Å². The smallest absolute Gasteiger partial charge is 0.259 e. The van der Waals surface area contributed by atoms with Crippen molar-refractivity contribution in [2.24, 2.45) is 0 Å². The number of benzene rings is 2. The summed E-state index contributed by atoms with van der Waals surface area (Å²) in [6, 6.07) is 11.6. The maximum Gasteiger partial charge on any atom is 0.259 e. The molecule has 3 heterocycles. The Morgan fingerprint density at radius 1 is 0.885 bits per heavy atom. The third-order valence-corrected chi connectivity index (χ3v) is 4.59. The van der Waals surface area contributed by atoms with E-state index in [1.165, 1.54) is 24.5 Å². The van der Waals surface area contributed by atoms with Crippen LogP contribution in [0, 0.1) is 5.82 Å². The molecule has 2 aromatic heterocycles. The van der Waals surface area contributed by atoms with Crippen molar-refractivity contribution in [1.82, 2.24) is 10.3 Å². The molecule has 0 spiro atoms. The second-order valence-electron chi connectivity index (χ2n) is 6.07. The number of hydrogen-bond donors (Lipinski definition) is 2. The number of furan rings is 1. The summed E-state index contributed by atoms with van der Waals surface area (Å²) in [5.41, 5.74) is 2.74. The van der Waals surface area contributed by atoms with Gasteiger partial charge in [-0.3, -0.25) is 14.9 Å². The van der Waals surface area contributed by atoms with E-state index in [1.807, 2.05) is 24.3 Å². The molecule has 1 aliphatic heterocycles. The van der Waals surface area contributed by atoms with Crippen LogP contribution in [0.5, 0.6) is 0 Å². The third kappa shape index (κ3) is 1.96. The number of rotatable bonds is 2. The van der Waals surface area contributed by atoms with Gasteiger partial charge in [0, 0.05) is 33.6 Å². The Morgan fingerprint density at radius 2 is 1.65 bits per heavy atom. The van der Waals surface area contributed by atoms with Crippen LogP contribution in [0.3, 0.4) is 0 Å². The first-order valence-corrected chi connectivity index (χ1v) is 7.97. The summed E-state index contributed by atoms with van der Waals surface area (Å²) in [6.07, 6.45) is 3.08. The molecule has 0 saturated carbocycles. The fraction of sp³-hybridized carbons (Fsp3) is 0. The van der Waals surface area contributed by atoms with Crippen LogP contribution < -0.4 is 5.32 Å². The normalized spacial score (nSPS) is 14.7. The van der Waals surface area contributed by atoms with Crippen LogP contribution in [-0.4, -0.2) is 16.8 Å².